The highest BCUT2D eigenvalue weighted by Gasteiger charge is 2.12. The van der Waals surface area contributed by atoms with Gasteiger partial charge in [0.15, 0.2) is 0 Å². The maximum Gasteiger partial charge on any atom is 0.453 e. The summed E-state index contributed by atoms with van der Waals surface area (Å²) >= 11 is 1.83. The third kappa shape index (κ3) is 2.17. The minimum Gasteiger partial charge on any atom is -0.434 e. The molecule has 0 aromatic carbocycles. The molecule has 1 N–H and O–H groups in total. The van der Waals surface area contributed by atoms with Gasteiger partial charge in [-0.1, -0.05) is 0 Å². The van der Waals surface area contributed by atoms with Crippen LogP contribution in [-0.4, -0.2) is 24.1 Å². The first kappa shape index (κ1) is 9.45. The number of aromatic nitrogens is 2. The van der Waals surface area contributed by atoms with Crippen molar-refractivity contribution < 1.29 is 9.30 Å². The van der Waals surface area contributed by atoms with Gasteiger partial charge in [-0.2, -0.15) is 16.3 Å². The van der Waals surface area contributed by atoms with Crippen molar-refractivity contribution in [1.29, 1.82) is 0 Å². The van der Waals surface area contributed by atoms with Crippen molar-refractivity contribution in [2.75, 3.05) is 19.1 Å². The first-order chi connectivity index (χ1) is 5.77. The molecule has 68 valence electrons. The summed E-state index contributed by atoms with van der Waals surface area (Å²) in [6, 6.07) is 0.835. The molecular formula is C8H15N2OS+. The number of ether oxygens (including phenoxy) is 1. The standard InChI is InChI=1S/C8H14N2OS/c1-7-6-10(4-5-12-3)8(9-7)11-2/h6H,4-5H2,1-3H3/p+1. The molecule has 0 fully saturated rings. The Balaban J connectivity index is 2.68. The summed E-state index contributed by atoms with van der Waals surface area (Å²) in [7, 11) is 1.68. The molecule has 0 aliphatic carbocycles. The van der Waals surface area contributed by atoms with Gasteiger partial charge >= 0.3 is 6.01 Å². The van der Waals surface area contributed by atoms with Gasteiger partial charge in [0.25, 0.3) is 0 Å². The molecule has 0 unspecified atom stereocenters. The molecule has 1 aromatic rings. The summed E-state index contributed by atoms with van der Waals surface area (Å²) in [6.07, 6.45) is 4.17. The summed E-state index contributed by atoms with van der Waals surface area (Å²) < 4.78 is 7.25. The molecule has 3 nitrogen and oxygen atoms in total. The highest BCUT2D eigenvalue weighted by atomic mass is 32.2. The first-order valence-electron chi connectivity index (χ1n) is 3.90. The Labute approximate surface area is 77.1 Å². The van der Waals surface area contributed by atoms with Gasteiger partial charge in [0.1, 0.15) is 18.4 Å². The van der Waals surface area contributed by atoms with Crippen molar-refractivity contribution in [3.8, 4) is 6.01 Å². The third-order valence-corrected chi connectivity index (χ3v) is 2.23. The van der Waals surface area contributed by atoms with Gasteiger partial charge in [-0.25, -0.2) is 4.98 Å². The van der Waals surface area contributed by atoms with Crippen LogP contribution in [0.15, 0.2) is 6.20 Å². The number of nitrogens with one attached hydrogen (secondary N) is 1. The number of nitrogens with zero attached hydrogens (tertiary/aromatic N) is 1. The Morgan fingerprint density at radius 2 is 2.42 bits per heavy atom. The van der Waals surface area contributed by atoms with Crippen molar-refractivity contribution in [1.82, 2.24) is 4.98 Å². The largest absolute Gasteiger partial charge is 0.453 e. The van der Waals surface area contributed by atoms with E-state index in [0.29, 0.717) is 0 Å². The fraction of sp³-hybridized carbons (Fsp3) is 0.625. The molecule has 1 aromatic heterocycles. The van der Waals surface area contributed by atoms with Gasteiger partial charge in [-0.3, -0.25) is 0 Å². The molecule has 0 bridgehead atoms. The smallest absolute Gasteiger partial charge is 0.434 e. The topological polar surface area (TPSA) is 28.9 Å². The molecular weight excluding hydrogens is 172 g/mol. The predicted octanol–water partition coefficient (Wildman–Crippen LogP) is 0.982. The lowest BCUT2D eigenvalue weighted by molar-refractivity contribution is -0.695. The number of aromatic amines is 1. The number of imidazole rings is 1. The summed E-state index contributed by atoms with van der Waals surface area (Å²) in [4.78, 5) is 3.13. The molecule has 0 radical (unpaired) electrons. The lowest BCUT2D eigenvalue weighted by Gasteiger charge is -1.96. The quantitative estimate of drug-likeness (QED) is 0.712. The van der Waals surface area contributed by atoms with Crippen molar-refractivity contribution in [2.45, 2.75) is 13.5 Å². The fourth-order valence-electron chi connectivity index (χ4n) is 1.09. The average molecular weight is 187 g/mol. The normalized spacial score (nSPS) is 10.2. The van der Waals surface area contributed by atoms with Crippen molar-refractivity contribution in [3.05, 3.63) is 11.9 Å². The average Bonchev–Trinajstić information content (AvgIpc) is 2.42. The SMILES string of the molecule is COc1[nH]c(C)c[n+]1CCSC. The lowest BCUT2D eigenvalue weighted by atomic mass is 10.6. The monoisotopic (exact) mass is 187 g/mol. The van der Waals surface area contributed by atoms with Gasteiger partial charge in [0.2, 0.25) is 0 Å². The molecule has 0 atom stereocenters. The summed E-state index contributed by atoms with van der Waals surface area (Å²) in [5.41, 5.74) is 1.13. The van der Waals surface area contributed by atoms with E-state index in [1.165, 1.54) is 0 Å². The van der Waals surface area contributed by atoms with E-state index < -0.39 is 0 Å². The second-order valence-electron chi connectivity index (χ2n) is 2.63. The number of rotatable bonds is 4. The van der Waals surface area contributed by atoms with E-state index in [4.69, 9.17) is 4.74 Å². The van der Waals surface area contributed by atoms with Gasteiger partial charge in [-0.05, 0) is 6.26 Å². The zero-order chi connectivity index (χ0) is 8.97. The van der Waals surface area contributed by atoms with Crippen LogP contribution in [-0.2, 0) is 6.54 Å². The van der Waals surface area contributed by atoms with Gasteiger partial charge in [-0.15, -0.1) is 0 Å². The van der Waals surface area contributed by atoms with Gasteiger partial charge in [0, 0.05) is 12.7 Å². The molecule has 1 rings (SSSR count). The van der Waals surface area contributed by atoms with E-state index in [2.05, 4.69) is 22.0 Å². The Morgan fingerprint density at radius 1 is 1.67 bits per heavy atom. The van der Waals surface area contributed by atoms with Crippen LogP contribution >= 0.6 is 11.8 Å². The second kappa shape index (κ2) is 4.40. The van der Waals surface area contributed by atoms with Crippen LogP contribution in [0.5, 0.6) is 6.01 Å². The van der Waals surface area contributed by atoms with E-state index in [0.717, 1.165) is 24.0 Å². The van der Waals surface area contributed by atoms with Crippen molar-refractivity contribution >= 4 is 11.8 Å². The highest BCUT2D eigenvalue weighted by Crippen LogP contribution is 2.01. The zero-order valence-electron chi connectivity index (χ0n) is 7.76. The van der Waals surface area contributed by atoms with E-state index in [-0.39, 0.29) is 0 Å². The molecule has 1 heterocycles. The predicted molar refractivity (Wildman–Crippen MR) is 50.7 cm³/mol. The van der Waals surface area contributed by atoms with Crippen LogP contribution in [0.3, 0.4) is 0 Å². The van der Waals surface area contributed by atoms with Crippen LogP contribution in [0.4, 0.5) is 0 Å². The van der Waals surface area contributed by atoms with Crippen LogP contribution in [0, 0.1) is 6.92 Å². The van der Waals surface area contributed by atoms with Crippen LogP contribution in [0.25, 0.3) is 0 Å². The molecule has 0 spiro atoms. The zero-order valence-corrected chi connectivity index (χ0v) is 8.57. The Hall–Kier alpha value is -0.640. The van der Waals surface area contributed by atoms with Crippen LogP contribution in [0.1, 0.15) is 5.69 Å². The lowest BCUT2D eigenvalue weighted by Crippen LogP contribution is -2.34. The Bertz CT molecular complexity index is 247. The third-order valence-electron chi connectivity index (χ3n) is 1.64. The van der Waals surface area contributed by atoms with E-state index >= 15 is 0 Å². The van der Waals surface area contributed by atoms with E-state index in [1.54, 1.807) is 7.11 Å². The molecule has 0 amide bonds. The number of methoxy groups -OCH3 is 1. The maximum absolute atomic E-state index is 5.16. The number of aryl methyl sites for hydroxylation is 2. The number of H-pyrrole nitrogens is 1. The number of thioether (sulfide) groups is 1. The molecule has 0 saturated heterocycles. The van der Waals surface area contributed by atoms with E-state index in [1.807, 2.05) is 18.7 Å². The number of hydrogen-bond donors (Lipinski definition) is 1. The number of hydrogen-bond acceptors (Lipinski definition) is 2. The maximum atomic E-state index is 5.16. The molecule has 0 aliphatic heterocycles. The van der Waals surface area contributed by atoms with Crippen molar-refractivity contribution in [2.24, 2.45) is 0 Å². The summed E-state index contributed by atoms with van der Waals surface area (Å²) in [5, 5.41) is 0. The Kier molecular flexibility index (Phi) is 3.47. The minimum absolute atomic E-state index is 0.835. The fourth-order valence-corrected chi connectivity index (χ4v) is 1.47. The molecule has 0 aliphatic rings. The van der Waals surface area contributed by atoms with Gasteiger partial charge in [0.05, 0.1) is 7.11 Å². The first-order valence-corrected chi connectivity index (χ1v) is 5.29. The minimum atomic E-state index is 0.835. The second-order valence-corrected chi connectivity index (χ2v) is 3.62. The van der Waals surface area contributed by atoms with Crippen LogP contribution in [0.2, 0.25) is 0 Å². The Morgan fingerprint density at radius 3 is 3.00 bits per heavy atom. The summed E-state index contributed by atoms with van der Waals surface area (Å²) in [6.45, 7) is 3.02. The van der Waals surface area contributed by atoms with Gasteiger partial charge < -0.3 is 4.74 Å². The molecule has 12 heavy (non-hydrogen) atoms. The molecule has 4 heteroatoms. The molecule has 0 saturated carbocycles. The van der Waals surface area contributed by atoms with E-state index in [9.17, 15) is 0 Å². The summed E-state index contributed by atoms with van der Waals surface area (Å²) in [5.74, 6) is 1.11. The highest BCUT2D eigenvalue weighted by molar-refractivity contribution is 7.98. The van der Waals surface area contributed by atoms with Crippen LogP contribution < -0.4 is 9.30 Å². The van der Waals surface area contributed by atoms with Crippen molar-refractivity contribution in [3.63, 3.8) is 0 Å².